The van der Waals surface area contributed by atoms with Crippen molar-refractivity contribution in [3.63, 3.8) is 0 Å². The van der Waals surface area contributed by atoms with E-state index in [0.717, 1.165) is 26.2 Å². The average Bonchev–Trinajstić information content (AvgIpc) is 2.57. The third-order valence-corrected chi connectivity index (χ3v) is 12.6. The molecule has 1 aromatic rings. The Balaban J connectivity index is 2.90. The van der Waals surface area contributed by atoms with Crippen LogP contribution in [-0.4, -0.2) is 85.7 Å². The summed E-state index contributed by atoms with van der Waals surface area (Å²) in [6, 6.07) is 10.1. The molecular formula is C17H26N2O2Te2. The Hall–Kier alpha value is -0.261. The number of carbonyl (C=O) groups excluding carboxylic acids is 2. The zero-order chi connectivity index (χ0) is 17.2. The molecule has 1 aromatic carbocycles. The zero-order valence-electron chi connectivity index (χ0n) is 14.3. The number of hydrogen-bond acceptors (Lipinski definition) is 2. The summed E-state index contributed by atoms with van der Waals surface area (Å²) < 4.78 is 0.770. The minimum absolute atomic E-state index is 0.202. The molecule has 0 bridgehead atoms. The molecule has 23 heavy (non-hydrogen) atoms. The molecule has 0 saturated heterocycles. The van der Waals surface area contributed by atoms with Crippen molar-refractivity contribution < 1.29 is 9.59 Å². The van der Waals surface area contributed by atoms with Crippen molar-refractivity contribution in [1.82, 2.24) is 9.80 Å². The molecule has 0 aliphatic heterocycles. The predicted octanol–water partition coefficient (Wildman–Crippen LogP) is 3.02. The second kappa shape index (κ2) is 11.3. The zero-order valence-corrected chi connectivity index (χ0v) is 19.0. The molecule has 0 spiro atoms. The maximum absolute atomic E-state index is 12.6. The van der Waals surface area contributed by atoms with Crippen LogP contribution in [0, 0.1) is 0 Å². The van der Waals surface area contributed by atoms with Crippen molar-refractivity contribution >= 4 is 49.8 Å². The molecular weight excluding hydrogens is 519 g/mol. The van der Waals surface area contributed by atoms with Crippen LogP contribution in [0.2, 0.25) is 0 Å². The monoisotopic (exact) mass is 550 g/mol. The van der Waals surface area contributed by atoms with Gasteiger partial charge in [0.05, 0.1) is 0 Å². The quantitative estimate of drug-likeness (QED) is 0.448. The molecule has 0 aliphatic carbocycles. The van der Waals surface area contributed by atoms with Crippen molar-refractivity contribution in [2.24, 2.45) is 0 Å². The standard InChI is InChI=1S/C17H26N2O2Te2/c1-5-18(6-2)16(20)22-15(14-12-10-9-11-13-14)23-17(21)19(7-3)8-4/h9-13,15H,5-8H2,1-4H3. The number of nitrogens with zero attached hydrogens (tertiary/aromatic N) is 2. The molecule has 4 nitrogen and oxygen atoms in total. The summed E-state index contributed by atoms with van der Waals surface area (Å²) in [5, 5.41) is 0. The van der Waals surface area contributed by atoms with Crippen molar-refractivity contribution in [1.29, 1.82) is 0 Å². The summed E-state index contributed by atoms with van der Waals surface area (Å²) >= 11 is -1.84. The minimum atomic E-state index is -0.918. The van der Waals surface area contributed by atoms with E-state index in [0.29, 0.717) is 0 Å². The van der Waals surface area contributed by atoms with Gasteiger partial charge >= 0.3 is 161 Å². The van der Waals surface area contributed by atoms with Gasteiger partial charge < -0.3 is 0 Å². The number of benzene rings is 1. The van der Waals surface area contributed by atoms with Crippen molar-refractivity contribution in [2.45, 2.75) is 29.7 Å². The number of rotatable bonds is 9. The first-order valence-corrected chi connectivity index (χ1v) is 13.0. The fraction of sp³-hybridized carbons (Fsp3) is 0.529. The van der Waals surface area contributed by atoms with Crippen molar-refractivity contribution in [3.05, 3.63) is 35.9 Å². The van der Waals surface area contributed by atoms with Gasteiger partial charge in [-0.1, -0.05) is 0 Å². The van der Waals surface area contributed by atoms with E-state index in [1.54, 1.807) is 0 Å². The average molecular weight is 546 g/mol. The van der Waals surface area contributed by atoms with Gasteiger partial charge in [0.1, 0.15) is 0 Å². The topological polar surface area (TPSA) is 40.6 Å². The summed E-state index contributed by atoms with van der Waals surface area (Å²) in [5.74, 6) is 0. The van der Waals surface area contributed by atoms with Gasteiger partial charge in [-0.05, 0) is 0 Å². The fourth-order valence-corrected chi connectivity index (χ4v) is 11.3. The maximum atomic E-state index is 12.6. The second-order valence-electron chi connectivity index (χ2n) is 4.85. The normalized spacial score (nSPS) is 10.7. The first kappa shape index (κ1) is 20.8. The third-order valence-electron chi connectivity index (χ3n) is 3.53. The van der Waals surface area contributed by atoms with Gasteiger partial charge in [-0.2, -0.15) is 0 Å². The van der Waals surface area contributed by atoms with Gasteiger partial charge in [0.15, 0.2) is 0 Å². The van der Waals surface area contributed by atoms with Gasteiger partial charge in [0.25, 0.3) is 0 Å². The van der Waals surface area contributed by atoms with Gasteiger partial charge in [0, 0.05) is 0 Å². The van der Waals surface area contributed by atoms with Crippen LogP contribution in [0.15, 0.2) is 30.3 Å². The van der Waals surface area contributed by atoms with Crippen LogP contribution in [0.3, 0.4) is 0 Å². The van der Waals surface area contributed by atoms with E-state index in [9.17, 15) is 9.59 Å². The Morgan fingerprint density at radius 3 is 1.57 bits per heavy atom. The van der Waals surface area contributed by atoms with E-state index in [4.69, 9.17) is 0 Å². The van der Waals surface area contributed by atoms with E-state index < -0.39 is 41.8 Å². The molecule has 0 saturated carbocycles. The van der Waals surface area contributed by atoms with Crippen molar-refractivity contribution in [2.75, 3.05) is 26.2 Å². The third kappa shape index (κ3) is 6.63. The molecule has 2 amide bonds. The summed E-state index contributed by atoms with van der Waals surface area (Å²) in [7, 11) is 0. The van der Waals surface area contributed by atoms with Crippen molar-refractivity contribution in [3.8, 4) is 0 Å². The number of amides is 2. The van der Waals surface area contributed by atoms with Crippen LogP contribution < -0.4 is 0 Å². The summed E-state index contributed by atoms with van der Waals surface area (Å²) in [6.07, 6.45) is 0. The molecule has 0 fully saturated rings. The van der Waals surface area contributed by atoms with E-state index in [1.165, 1.54) is 5.56 Å². The van der Waals surface area contributed by atoms with E-state index in [-0.39, 0.29) is 9.92 Å². The van der Waals surface area contributed by atoms with Gasteiger partial charge in [-0.15, -0.1) is 0 Å². The second-order valence-corrected chi connectivity index (χ2v) is 13.8. The summed E-state index contributed by atoms with van der Waals surface area (Å²) in [6.45, 7) is 11.1. The Labute approximate surface area is 160 Å². The fourth-order valence-electron chi connectivity index (χ4n) is 2.07. The van der Waals surface area contributed by atoms with Crippen LogP contribution in [0.25, 0.3) is 0 Å². The Morgan fingerprint density at radius 1 is 0.826 bits per heavy atom. The van der Waals surface area contributed by atoms with E-state index in [2.05, 4.69) is 12.1 Å². The SMILES string of the molecule is CCN(CC)C(=O)[Te]C([Te]C(=O)N(CC)CC)c1ccccc1. The Kier molecular flexibility index (Phi) is 10.2. The molecule has 0 radical (unpaired) electrons. The van der Waals surface area contributed by atoms with E-state index in [1.807, 2.05) is 55.7 Å². The molecule has 128 valence electrons. The molecule has 0 heterocycles. The molecule has 0 aliphatic rings. The molecule has 0 aromatic heterocycles. The molecule has 0 unspecified atom stereocenters. The Bertz CT molecular complexity index is 463. The van der Waals surface area contributed by atoms with Crippen LogP contribution in [0.4, 0.5) is 9.59 Å². The summed E-state index contributed by atoms with van der Waals surface area (Å²) in [5.41, 5.74) is 1.18. The first-order chi connectivity index (χ1) is 11.1. The van der Waals surface area contributed by atoms with E-state index >= 15 is 0 Å². The van der Waals surface area contributed by atoms with Gasteiger partial charge in [-0.3, -0.25) is 0 Å². The predicted molar refractivity (Wildman–Crippen MR) is 97.3 cm³/mol. The first-order valence-electron chi connectivity index (χ1n) is 8.03. The molecule has 0 N–H and O–H groups in total. The van der Waals surface area contributed by atoms with Crippen LogP contribution >= 0.6 is 0 Å². The van der Waals surface area contributed by atoms with Crippen LogP contribution in [0.5, 0.6) is 0 Å². The number of carbonyl (C=O) groups is 2. The molecule has 1 rings (SSSR count). The van der Waals surface area contributed by atoms with Crippen LogP contribution in [0.1, 0.15) is 35.3 Å². The number of hydrogen-bond donors (Lipinski definition) is 0. The summed E-state index contributed by atoms with van der Waals surface area (Å²) in [4.78, 5) is 28.9. The van der Waals surface area contributed by atoms with Crippen LogP contribution in [-0.2, 0) is 0 Å². The Morgan fingerprint density at radius 2 is 1.22 bits per heavy atom. The van der Waals surface area contributed by atoms with Gasteiger partial charge in [-0.25, -0.2) is 0 Å². The molecule has 6 heteroatoms. The van der Waals surface area contributed by atoms with Gasteiger partial charge in [0.2, 0.25) is 0 Å². The molecule has 0 atom stereocenters.